The van der Waals surface area contributed by atoms with E-state index in [0.29, 0.717) is 25.1 Å². The van der Waals surface area contributed by atoms with Gasteiger partial charge in [-0.3, -0.25) is 4.79 Å². The van der Waals surface area contributed by atoms with Gasteiger partial charge in [0.05, 0.1) is 11.6 Å². The van der Waals surface area contributed by atoms with E-state index in [1.807, 2.05) is 18.2 Å². The van der Waals surface area contributed by atoms with Crippen LogP contribution in [0.1, 0.15) is 30.4 Å². The summed E-state index contributed by atoms with van der Waals surface area (Å²) in [4.78, 5) is 13.5. The summed E-state index contributed by atoms with van der Waals surface area (Å²) in [6.45, 7) is 1.16. The SMILES string of the molecule is CN(Cc1cccc(C#N)c1)C(=O)CCCCN. The highest BCUT2D eigenvalue weighted by Gasteiger charge is 2.08. The zero-order valence-electron chi connectivity index (χ0n) is 10.7. The fraction of sp³-hybridized carbons (Fsp3) is 0.429. The Hall–Kier alpha value is -1.86. The third kappa shape index (κ3) is 4.56. The first-order valence-electron chi connectivity index (χ1n) is 6.10. The quantitative estimate of drug-likeness (QED) is 0.775. The lowest BCUT2D eigenvalue weighted by Gasteiger charge is -2.17. The van der Waals surface area contributed by atoms with Gasteiger partial charge in [0.1, 0.15) is 0 Å². The van der Waals surface area contributed by atoms with Crippen LogP contribution in [0.5, 0.6) is 0 Å². The third-order valence-electron chi connectivity index (χ3n) is 2.75. The molecular weight excluding hydrogens is 226 g/mol. The van der Waals surface area contributed by atoms with Crippen LogP contribution in [-0.2, 0) is 11.3 Å². The van der Waals surface area contributed by atoms with E-state index in [4.69, 9.17) is 11.0 Å². The van der Waals surface area contributed by atoms with Crippen molar-refractivity contribution in [2.75, 3.05) is 13.6 Å². The number of hydrogen-bond acceptors (Lipinski definition) is 3. The Bertz CT molecular complexity index is 437. The number of nitriles is 1. The van der Waals surface area contributed by atoms with Crippen molar-refractivity contribution in [3.63, 3.8) is 0 Å². The standard InChI is InChI=1S/C14H19N3O/c1-17(14(18)7-2-3-8-15)11-13-6-4-5-12(9-13)10-16/h4-6,9H,2-3,7-8,11,15H2,1H3. The lowest BCUT2D eigenvalue weighted by Crippen LogP contribution is -2.26. The Labute approximate surface area is 108 Å². The molecular formula is C14H19N3O. The summed E-state index contributed by atoms with van der Waals surface area (Å²) in [5.41, 5.74) is 6.99. The van der Waals surface area contributed by atoms with Crippen LogP contribution < -0.4 is 5.73 Å². The first-order valence-corrected chi connectivity index (χ1v) is 6.10. The summed E-state index contributed by atoms with van der Waals surface area (Å²) in [6.07, 6.45) is 2.24. The number of benzene rings is 1. The maximum Gasteiger partial charge on any atom is 0.222 e. The van der Waals surface area contributed by atoms with Gasteiger partial charge in [0.15, 0.2) is 0 Å². The number of rotatable bonds is 6. The molecule has 1 amide bonds. The third-order valence-corrected chi connectivity index (χ3v) is 2.75. The normalized spacial score (nSPS) is 9.83. The minimum absolute atomic E-state index is 0.116. The average molecular weight is 245 g/mol. The molecule has 0 saturated carbocycles. The average Bonchev–Trinajstić information content (AvgIpc) is 2.39. The summed E-state index contributed by atoms with van der Waals surface area (Å²) >= 11 is 0. The van der Waals surface area contributed by atoms with Crippen LogP contribution in [0.2, 0.25) is 0 Å². The van der Waals surface area contributed by atoms with Crippen molar-refractivity contribution in [2.45, 2.75) is 25.8 Å². The minimum atomic E-state index is 0.116. The molecule has 96 valence electrons. The van der Waals surface area contributed by atoms with Crippen molar-refractivity contribution in [1.29, 1.82) is 5.26 Å². The van der Waals surface area contributed by atoms with Crippen LogP contribution in [0.3, 0.4) is 0 Å². The minimum Gasteiger partial charge on any atom is -0.341 e. The summed E-state index contributed by atoms with van der Waals surface area (Å²) in [5.74, 6) is 0.116. The zero-order valence-corrected chi connectivity index (χ0v) is 10.7. The van der Waals surface area contributed by atoms with E-state index in [9.17, 15) is 4.79 Å². The van der Waals surface area contributed by atoms with Gasteiger partial charge in [-0.25, -0.2) is 0 Å². The first-order chi connectivity index (χ1) is 8.67. The van der Waals surface area contributed by atoms with E-state index in [-0.39, 0.29) is 5.91 Å². The number of carbonyl (C=O) groups excluding carboxylic acids is 1. The highest BCUT2D eigenvalue weighted by atomic mass is 16.2. The Morgan fingerprint density at radius 2 is 2.22 bits per heavy atom. The predicted molar refractivity (Wildman–Crippen MR) is 70.5 cm³/mol. The van der Waals surface area contributed by atoms with Crippen molar-refractivity contribution in [1.82, 2.24) is 4.90 Å². The fourth-order valence-corrected chi connectivity index (χ4v) is 1.71. The van der Waals surface area contributed by atoms with E-state index in [1.165, 1.54) is 0 Å². The van der Waals surface area contributed by atoms with E-state index in [2.05, 4.69) is 6.07 Å². The van der Waals surface area contributed by atoms with Crippen LogP contribution in [0, 0.1) is 11.3 Å². The fourth-order valence-electron chi connectivity index (χ4n) is 1.71. The number of nitrogens with two attached hydrogens (primary N) is 1. The monoisotopic (exact) mass is 245 g/mol. The molecule has 0 heterocycles. The van der Waals surface area contributed by atoms with E-state index in [1.54, 1.807) is 18.0 Å². The molecule has 4 heteroatoms. The molecule has 0 bridgehead atoms. The lowest BCUT2D eigenvalue weighted by molar-refractivity contribution is -0.130. The highest BCUT2D eigenvalue weighted by Crippen LogP contribution is 2.08. The Morgan fingerprint density at radius 3 is 2.89 bits per heavy atom. The van der Waals surface area contributed by atoms with Gasteiger partial charge in [-0.1, -0.05) is 12.1 Å². The van der Waals surface area contributed by atoms with Gasteiger partial charge in [-0.15, -0.1) is 0 Å². The topological polar surface area (TPSA) is 70.1 Å². The van der Waals surface area contributed by atoms with Crippen molar-refractivity contribution < 1.29 is 4.79 Å². The molecule has 0 unspecified atom stereocenters. The van der Waals surface area contributed by atoms with Crippen molar-refractivity contribution in [3.05, 3.63) is 35.4 Å². The number of nitrogens with zero attached hydrogens (tertiary/aromatic N) is 2. The predicted octanol–water partition coefficient (Wildman–Crippen LogP) is 1.65. The molecule has 1 aromatic carbocycles. The summed E-state index contributed by atoms with van der Waals surface area (Å²) in [5, 5.41) is 8.81. The van der Waals surface area contributed by atoms with Gasteiger partial charge >= 0.3 is 0 Å². The van der Waals surface area contributed by atoms with Gasteiger partial charge in [-0.05, 0) is 37.1 Å². The molecule has 0 radical (unpaired) electrons. The second-order valence-electron chi connectivity index (χ2n) is 4.31. The van der Waals surface area contributed by atoms with Crippen molar-refractivity contribution in [3.8, 4) is 6.07 Å². The maximum absolute atomic E-state index is 11.8. The van der Waals surface area contributed by atoms with Crippen LogP contribution in [0.15, 0.2) is 24.3 Å². The second-order valence-corrected chi connectivity index (χ2v) is 4.31. The number of hydrogen-bond donors (Lipinski definition) is 1. The van der Waals surface area contributed by atoms with Gasteiger partial charge in [0, 0.05) is 20.0 Å². The number of carbonyl (C=O) groups is 1. The Balaban J connectivity index is 2.50. The van der Waals surface area contributed by atoms with Crippen LogP contribution in [-0.4, -0.2) is 24.4 Å². The largest absolute Gasteiger partial charge is 0.341 e. The molecule has 1 aromatic rings. The molecule has 2 N–H and O–H groups in total. The summed E-state index contributed by atoms with van der Waals surface area (Å²) in [6, 6.07) is 9.42. The molecule has 0 fully saturated rings. The van der Waals surface area contributed by atoms with Crippen LogP contribution >= 0.6 is 0 Å². The molecule has 0 aromatic heterocycles. The van der Waals surface area contributed by atoms with E-state index < -0.39 is 0 Å². The van der Waals surface area contributed by atoms with E-state index in [0.717, 1.165) is 18.4 Å². The van der Waals surface area contributed by atoms with Gasteiger partial charge < -0.3 is 10.6 Å². The lowest BCUT2D eigenvalue weighted by atomic mass is 10.1. The molecule has 18 heavy (non-hydrogen) atoms. The molecule has 4 nitrogen and oxygen atoms in total. The first kappa shape index (κ1) is 14.2. The van der Waals surface area contributed by atoms with Crippen molar-refractivity contribution >= 4 is 5.91 Å². The van der Waals surface area contributed by atoms with Gasteiger partial charge in [-0.2, -0.15) is 5.26 Å². The molecule has 0 aliphatic rings. The molecule has 0 atom stereocenters. The molecule has 0 saturated heterocycles. The van der Waals surface area contributed by atoms with Crippen molar-refractivity contribution in [2.24, 2.45) is 5.73 Å². The van der Waals surface area contributed by atoms with Gasteiger partial charge in [0.2, 0.25) is 5.91 Å². The maximum atomic E-state index is 11.8. The zero-order chi connectivity index (χ0) is 13.4. The van der Waals surface area contributed by atoms with Crippen LogP contribution in [0.4, 0.5) is 0 Å². The molecule has 1 rings (SSSR count). The van der Waals surface area contributed by atoms with Gasteiger partial charge in [0.25, 0.3) is 0 Å². The number of amides is 1. The summed E-state index contributed by atoms with van der Waals surface area (Å²) < 4.78 is 0. The smallest absolute Gasteiger partial charge is 0.222 e. The molecule has 0 aliphatic heterocycles. The van der Waals surface area contributed by atoms with E-state index >= 15 is 0 Å². The number of unbranched alkanes of at least 4 members (excludes halogenated alkanes) is 1. The van der Waals surface area contributed by atoms with Crippen LogP contribution in [0.25, 0.3) is 0 Å². The Morgan fingerprint density at radius 1 is 1.44 bits per heavy atom. The molecule has 0 aliphatic carbocycles. The molecule has 0 spiro atoms. The second kappa shape index (κ2) is 7.46. The Kier molecular flexibility index (Phi) is 5.89. The summed E-state index contributed by atoms with van der Waals surface area (Å²) in [7, 11) is 1.78. The highest BCUT2D eigenvalue weighted by molar-refractivity contribution is 5.75.